The smallest absolute Gasteiger partial charge is 0.300 e. The van der Waals surface area contributed by atoms with Gasteiger partial charge >= 0.3 is 0 Å². The number of Topliss-reactive ketones (excluding diaryl/α,β-unsaturated/α-hetero) is 1. The van der Waals surface area contributed by atoms with Gasteiger partial charge in [-0.25, -0.2) is 0 Å². The maximum atomic E-state index is 12.9. The number of aliphatic hydroxyl groups excluding tert-OH is 1. The van der Waals surface area contributed by atoms with Gasteiger partial charge in [0, 0.05) is 41.1 Å². The summed E-state index contributed by atoms with van der Waals surface area (Å²) in [6.07, 6.45) is 6.16. The molecule has 1 atom stereocenters. The van der Waals surface area contributed by atoms with Crippen LogP contribution in [0.2, 0.25) is 5.02 Å². The Morgan fingerprint density at radius 3 is 2.46 bits per heavy atom. The minimum Gasteiger partial charge on any atom is -0.507 e. The van der Waals surface area contributed by atoms with E-state index in [0.29, 0.717) is 21.8 Å². The average Bonchev–Trinajstić information content (AvgIpc) is 3.00. The van der Waals surface area contributed by atoms with Crippen molar-refractivity contribution in [2.75, 3.05) is 4.90 Å². The summed E-state index contributed by atoms with van der Waals surface area (Å²) in [6.45, 7) is 0. The van der Waals surface area contributed by atoms with E-state index in [4.69, 9.17) is 11.6 Å². The van der Waals surface area contributed by atoms with Crippen molar-refractivity contribution in [2.45, 2.75) is 6.04 Å². The predicted molar refractivity (Wildman–Crippen MR) is 105 cm³/mol. The fraction of sp³-hybridized carbons (Fsp3) is 0.0476. The van der Waals surface area contributed by atoms with Gasteiger partial charge in [-0.05, 0) is 42.0 Å². The molecule has 0 spiro atoms. The Labute approximate surface area is 165 Å². The van der Waals surface area contributed by atoms with Gasteiger partial charge in [-0.3, -0.25) is 24.5 Å². The Morgan fingerprint density at radius 2 is 1.79 bits per heavy atom. The molecule has 1 amide bonds. The molecule has 1 unspecified atom stereocenters. The maximum absolute atomic E-state index is 12.9. The molecule has 0 saturated carbocycles. The van der Waals surface area contributed by atoms with Crippen molar-refractivity contribution in [1.82, 2.24) is 9.97 Å². The zero-order valence-corrected chi connectivity index (χ0v) is 15.2. The van der Waals surface area contributed by atoms with Crippen molar-refractivity contribution in [3.63, 3.8) is 0 Å². The largest absolute Gasteiger partial charge is 0.507 e. The van der Waals surface area contributed by atoms with E-state index in [2.05, 4.69) is 9.97 Å². The highest BCUT2D eigenvalue weighted by molar-refractivity contribution is 6.51. The molecule has 1 aliphatic heterocycles. The van der Waals surface area contributed by atoms with E-state index in [0.717, 1.165) is 0 Å². The number of rotatable bonds is 3. The highest BCUT2D eigenvalue weighted by Gasteiger charge is 2.47. The molecule has 7 heteroatoms. The van der Waals surface area contributed by atoms with E-state index in [9.17, 15) is 14.7 Å². The monoisotopic (exact) mass is 391 g/mol. The number of ketones is 1. The molecule has 1 N–H and O–H groups in total. The van der Waals surface area contributed by atoms with Gasteiger partial charge in [0.2, 0.25) is 0 Å². The van der Waals surface area contributed by atoms with Gasteiger partial charge < -0.3 is 5.11 Å². The molecule has 3 heterocycles. The van der Waals surface area contributed by atoms with Crippen LogP contribution < -0.4 is 4.90 Å². The van der Waals surface area contributed by atoms with E-state index >= 15 is 0 Å². The maximum Gasteiger partial charge on any atom is 0.300 e. The number of nitrogens with zero attached hydrogens (tertiary/aromatic N) is 3. The SMILES string of the molecule is O=C1C(=O)N(c2cccc(Cl)c2)C(c2cccnc2)/C1=C(\O)c1ccncc1. The Kier molecular flexibility index (Phi) is 4.63. The fourth-order valence-corrected chi connectivity index (χ4v) is 3.43. The van der Waals surface area contributed by atoms with Gasteiger partial charge in [0.05, 0.1) is 11.6 Å². The summed E-state index contributed by atoms with van der Waals surface area (Å²) in [4.78, 5) is 35.1. The molecule has 0 radical (unpaired) electrons. The number of pyridine rings is 2. The molecule has 0 aliphatic carbocycles. The van der Waals surface area contributed by atoms with E-state index in [1.54, 1.807) is 60.9 Å². The van der Waals surface area contributed by atoms with Crippen LogP contribution in [-0.2, 0) is 9.59 Å². The Morgan fingerprint density at radius 1 is 1.00 bits per heavy atom. The summed E-state index contributed by atoms with van der Waals surface area (Å²) in [5.74, 6) is -1.78. The zero-order chi connectivity index (χ0) is 19.7. The van der Waals surface area contributed by atoms with Crippen LogP contribution in [0.1, 0.15) is 17.2 Å². The van der Waals surface area contributed by atoms with Gasteiger partial charge in [0.1, 0.15) is 5.76 Å². The first-order chi connectivity index (χ1) is 13.6. The molecule has 138 valence electrons. The number of carbonyl (C=O) groups is 2. The average molecular weight is 392 g/mol. The topological polar surface area (TPSA) is 83.4 Å². The van der Waals surface area contributed by atoms with Crippen LogP contribution >= 0.6 is 11.6 Å². The molecule has 1 fully saturated rings. The molecule has 28 heavy (non-hydrogen) atoms. The van der Waals surface area contributed by atoms with E-state index in [-0.39, 0.29) is 11.3 Å². The summed E-state index contributed by atoms with van der Waals surface area (Å²) < 4.78 is 0. The van der Waals surface area contributed by atoms with Crippen molar-refractivity contribution in [1.29, 1.82) is 0 Å². The molecule has 0 bridgehead atoms. The fourth-order valence-electron chi connectivity index (χ4n) is 3.24. The van der Waals surface area contributed by atoms with Crippen LogP contribution in [-0.4, -0.2) is 26.8 Å². The predicted octanol–water partition coefficient (Wildman–Crippen LogP) is 3.76. The number of halogens is 1. The first kappa shape index (κ1) is 17.9. The second-order valence-corrected chi connectivity index (χ2v) is 6.61. The van der Waals surface area contributed by atoms with Crippen molar-refractivity contribution in [3.05, 3.63) is 95.0 Å². The lowest BCUT2D eigenvalue weighted by molar-refractivity contribution is -0.132. The lowest BCUT2D eigenvalue weighted by Gasteiger charge is -2.25. The van der Waals surface area contributed by atoms with Crippen molar-refractivity contribution < 1.29 is 14.7 Å². The third-order valence-electron chi connectivity index (χ3n) is 4.48. The molecular weight excluding hydrogens is 378 g/mol. The molecule has 4 rings (SSSR count). The van der Waals surface area contributed by atoms with Crippen LogP contribution in [0.3, 0.4) is 0 Å². The van der Waals surface area contributed by atoms with Crippen LogP contribution in [0.15, 0.2) is 78.9 Å². The Balaban J connectivity index is 1.95. The number of hydrogen-bond acceptors (Lipinski definition) is 5. The Bertz CT molecular complexity index is 1080. The summed E-state index contributed by atoms with van der Waals surface area (Å²) in [7, 11) is 0. The molecule has 6 nitrogen and oxygen atoms in total. The van der Waals surface area contributed by atoms with Crippen LogP contribution in [0.4, 0.5) is 5.69 Å². The van der Waals surface area contributed by atoms with E-state index < -0.39 is 17.7 Å². The molecule has 1 aromatic carbocycles. The van der Waals surface area contributed by atoms with Crippen molar-refractivity contribution in [2.24, 2.45) is 0 Å². The number of hydrogen-bond donors (Lipinski definition) is 1. The van der Waals surface area contributed by atoms with Gasteiger partial charge in [-0.1, -0.05) is 23.7 Å². The molecule has 3 aromatic rings. The number of carbonyl (C=O) groups excluding carboxylic acids is 2. The summed E-state index contributed by atoms with van der Waals surface area (Å²) in [5, 5.41) is 11.3. The zero-order valence-electron chi connectivity index (χ0n) is 14.5. The quantitative estimate of drug-likeness (QED) is 0.417. The molecule has 1 saturated heterocycles. The summed E-state index contributed by atoms with van der Waals surface area (Å²) in [5.41, 5.74) is 1.44. The minimum atomic E-state index is -0.833. The third-order valence-corrected chi connectivity index (χ3v) is 4.72. The van der Waals surface area contributed by atoms with Crippen LogP contribution in [0.5, 0.6) is 0 Å². The van der Waals surface area contributed by atoms with Crippen molar-refractivity contribution >= 4 is 34.7 Å². The first-order valence-electron chi connectivity index (χ1n) is 8.45. The van der Waals surface area contributed by atoms with Crippen LogP contribution in [0.25, 0.3) is 5.76 Å². The summed E-state index contributed by atoms with van der Waals surface area (Å²) in [6, 6.07) is 12.4. The van der Waals surface area contributed by atoms with Gasteiger partial charge in [-0.15, -0.1) is 0 Å². The standard InChI is InChI=1S/C21H14ClN3O3/c22-15-4-1-5-16(11-15)25-18(14-3-2-8-24-12-14)17(20(27)21(25)28)19(26)13-6-9-23-10-7-13/h1-12,18,26H/b19-17+. The lowest BCUT2D eigenvalue weighted by atomic mass is 9.96. The number of aromatic nitrogens is 2. The summed E-state index contributed by atoms with van der Waals surface area (Å²) >= 11 is 6.09. The van der Waals surface area contributed by atoms with E-state index in [1.165, 1.54) is 17.3 Å². The first-order valence-corrected chi connectivity index (χ1v) is 8.82. The number of benzene rings is 1. The Hall–Kier alpha value is -3.51. The molecule has 1 aliphatic rings. The van der Waals surface area contributed by atoms with Crippen molar-refractivity contribution in [3.8, 4) is 0 Å². The number of amides is 1. The third kappa shape index (κ3) is 3.04. The second-order valence-electron chi connectivity index (χ2n) is 6.17. The van der Waals surface area contributed by atoms with Crippen LogP contribution in [0, 0.1) is 0 Å². The normalized spacial score (nSPS) is 18.5. The molecular formula is C21H14ClN3O3. The van der Waals surface area contributed by atoms with Gasteiger partial charge in [-0.2, -0.15) is 0 Å². The minimum absolute atomic E-state index is 0.0100. The van der Waals surface area contributed by atoms with Gasteiger partial charge in [0.15, 0.2) is 0 Å². The lowest BCUT2D eigenvalue weighted by Crippen LogP contribution is -2.29. The number of aliphatic hydroxyl groups is 1. The number of anilines is 1. The van der Waals surface area contributed by atoms with Gasteiger partial charge in [0.25, 0.3) is 11.7 Å². The highest BCUT2D eigenvalue weighted by atomic mass is 35.5. The second kappa shape index (κ2) is 7.25. The highest BCUT2D eigenvalue weighted by Crippen LogP contribution is 2.42. The van der Waals surface area contributed by atoms with E-state index in [1.807, 2.05) is 0 Å². The molecule has 2 aromatic heterocycles.